The van der Waals surface area contributed by atoms with Crippen LogP contribution in [0.3, 0.4) is 0 Å². The Morgan fingerprint density at radius 1 is 1.29 bits per heavy atom. The molecule has 120 valence electrons. The molecule has 1 aromatic rings. The van der Waals surface area contributed by atoms with E-state index in [1.54, 1.807) is 7.11 Å². The quantitative estimate of drug-likeness (QED) is 0.874. The Hall–Kier alpha value is -0.940. The third kappa shape index (κ3) is 3.83. The van der Waals surface area contributed by atoms with E-state index in [1.807, 2.05) is 7.05 Å². The maximum atomic E-state index is 5.82. The Kier molecular flexibility index (Phi) is 5.04. The van der Waals surface area contributed by atoms with Crippen molar-refractivity contribution in [2.75, 3.05) is 14.2 Å². The summed E-state index contributed by atoms with van der Waals surface area (Å²) in [5, 5.41) is 7.42. The molecule has 0 radical (unpaired) electrons. The van der Waals surface area contributed by atoms with Crippen molar-refractivity contribution in [3.63, 3.8) is 0 Å². The van der Waals surface area contributed by atoms with Crippen LogP contribution in [0.25, 0.3) is 0 Å². The lowest BCUT2D eigenvalue weighted by molar-refractivity contribution is -0.0740. The van der Waals surface area contributed by atoms with Crippen LogP contribution in [0.5, 0.6) is 0 Å². The van der Waals surface area contributed by atoms with E-state index in [2.05, 4.69) is 36.2 Å². The Morgan fingerprint density at radius 2 is 1.95 bits per heavy atom. The van der Waals surface area contributed by atoms with Crippen molar-refractivity contribution in [1.82, 2.24) is 15.5 Å². The molecular formula is C16H29N3O2. The summed E-state index contributed by atoms with van der Waals surface area (Å²) in [5.41, 5.74) is 0.0305. The first-order chi connectivity index (χ1) is 9.91. The van der Waals surface area contributed by atoms with E-state index >= 15 is 0 Å². The Bertz CT molecular complexity index is 446. The number of ether oxygens (including phenoxy) is 1. The fourth-order valence-electron chi connectivity index (χ4n) is 2.88. The van der Waals surface area contributed by atoms with Crippen LogP contribution in [-0.2, 0) is 16.8 Å². The molecule has 0 spiro atoms. The number of methoxy groups -OCH3 is 1. The van der Waals surface area contributed by atoms with Crippen molar-refractivity contribution in [2.24, 2.45) is 5.41 Å². The van der Waals surface area contributed by atoms with Gasteiger partial charge in [-0.3, -0.25) is 0 Å². The van der Waals surface area contributed by atoms with Crippen LogP contribution in [-0.4, -0.2) is 30.3 Å². The van der Waals surface area contributed by atoms with Crippen LogP contribution in [0.1, 0.15) is 64.6 Å². The average molecular weight is 295 g/mol. The molecule has 0 aromatic carbocycles. The second-order valence-electron chi connectivity index (χ2n) is 7.10. The third-order valence-electron chi connectivity index (χ3n) is 4.96. The van der Waals surface area contributed by atoms with Gasteiger partial charge < -0.3 is 14.6 Å². The normalized spacial score (nSPS) is 22.1. The van der Waals surface area contributed by atoms with Gasteiger partial charge in [0.2, 0.25) is 11.7 Å². The van der Waals surface area contributed by atoms with Gasteiger partial charge in [0.1, 0.15) is 5.60 Å². The van der Waals surface area contributed by atoms with Crippen molar-refractivity contribution < 1.29 is 9.26 Å². The highest BCUT2D eigenvalue weighted by molar-refractivity contribution is 5.05. The summed E-state index contributed by atoms with van der Waals surface area (Å²) in [6.07, 6.45) is 5.97. The molecule has 1 aliphatic carbocycles. The van der Waals surface area contributed by atoms with Crippen LogP contribution in [0.4, 0.5) is 0 Å². The summed E-state index contributed by atoms with van der Waals surface area (Å²) in [7, 11) is 3.73. The zero-order valence-corrected chi connectivity index (χ0v) is 14.0. The zero-order chi connectivity index (χ0) is 15.5. The second-order valence-corrected chi connectivity index (χ2v) is 7.10. The molecule has 21 heavy (non-hydrogen) atoms. The lowest BCUT2D eigenvalue weighted by Crippen LogP contribution is -2.37. The highest BCUT2D eigenvalue weighted by Gasteiger charge is 2.43. The number of hydrogen-bond acceptors (Lipinski definition) is 5. The molecule has 1 aliphatic rings. The molecule has 2 rings (SSSR count). The molecule has 0 saturated heterocycles. The summed E-state index contributed by atoms with van der Waals surface area (Å²) in [4.78, 5) is 4.60. The number of rotatable bonds is 6. The molecule has 1 aromatic heterocycles. The monoisotopic (exact) mass is 295 g/mol. The van der Waals surface area contributed by atoms with Gasteiger partial charge in [-0.2, -0.15) is 4.98 Å². The van der Waals surface area contributed by atoms with Gasteiger partial charge in [0, 0.05) is 19.6 Å². The summed E-state index contributed by atoms with van der Waals surface area (Å²) in [6, 6.07) is 0.451. The fourth-order valence-corrected chi connectivity index (χ4v) is 2.88. The van der Waals surface area contributed by atoms with Crippen LogP contribution in [0, 0.1) is 5.41 Å². The Balaban J connectivity index is 2.04. The molecule has 0 amide bonds. The molecule has 0 aliphatic heterocycles. The summed E-state index contributed by atoms with van der Waals surface area (Å²) in [6.45, 7) is 6.78. The average Bonchev–Trinajstić information content (AvgIpc) is 2.95. The Labute approximate surface area is 127 Å². The predicted octanol–water partition coefficient (Wildman–Crippen LogP) is 3.05. The Morgan fingerprint density at radius 3 is 2.52 bits per heavy atom. The van der Waals surface area contributed by atoms with E-state index in [1.165, 1.54) is 0 Å². The highest BCUT2D eigenvalue weighted by Crippen LogP contribution is 2.46. The first kappa shape index (κ1) is 16.4. The first-order valence-electron chi connectivity index (χ1n) is 7.96. The van der Waals surface area contributed by atoms with Gasteiger partial charge in [-0.15, -0.1) is 0 Å². The van der Waals surface area contributed by atoms with Crippen molar-refractivity contribution in [2.45, 2.75) is 70.9 Å². The molecule has 1 unspecified atom stereocenters. The predicted molar refractivity (Wildman–Crippen MR) is 82.1 cm³/mol. The lowest BCUT2D eigenvalue weighted by atomic mass is 9.70. The standard InChI is InChI=1S/C16H29N3O2/c1-12(17-4)6-7-13-18-14(19-21-13)16(20-5)10-8-15(2,3)9-11-16/h12,17H,6-11H2,1-5H3. The van der Waals surface area contributed by atoms with Crippen molar-refractivity contribution in [1.29, 1.82) is 0 Å². The largest absolute Gasteiger partial charge is 0.370 e. The fraction of sp³-hybridized carbons (Fsp3) is 0.875. The van der Waals surface area contributed by atoms with Crippen LogP contribution in [0.2, 0.25) is 0 Å². The first-order valence-corrected chi connectivity index (χ1v) is 7.96. The van der Waals surface area contributed by atoms with Crippen molar-refractivity contribution in [3.8, 4) is 0 Å². The SMILES string of the molecule is CNC(C)CCc1nc(C2(OC)CCC(C)(C)CC2)no1. The number of aromatic nitrogens is 2. The smallest absolute Gasteiger partial charge is 0.226 e. The van der Waals surface area contributed by atoms with Gasteiger partial charge in [-0.1, -0.05) is 19.0 Å². The number of nitrogens with one attached hydrogen (secondary N) is 1. The van der Waals surface area contributed by atoms with Gasteiger partial charge in [0.15, 0.2) is 0 Å². The molecule has 0 bridgehead atoms. The van der Waals surface area contributed by atoms with Crippen LogP contribution >= 0.6 is 0 Å². The maximum absolute atomic E-state index is 5.82. The number of hydrogen-bond donors (Lipinski definition) is 1. The lowest BCUT2D eigenvalue weighted by Gasteiger charge is -2.40. The topological polar surface area (TPSA) is 60.2 Å². The summed E-state index contributed by atoms with van der Waals surface area (Å²) < 4.78 is 11.2. The summed E-state index contributed by atoms with van der Waals surface area (Å²) in [5.74, 6) is 1.45. The van der Waals surface area contributed by atoms with E-state index in [4.69, 9.17) is 9.26 Å². The zero-order valence-electron chi connectivity index (χ0n) is 14.0. The van der Waals surface area contributed by atoms with Crippen molar-refractivity contribution >= 4 is 0 Å². The van der Waals surface area contributed by atoms with E-state index in [0.29, 0.717) is 17.3 Å². The minimum atomic E-state index is -0.355. The molecule has 5 nitrogen and oxygen atoms in total. The van der Waals surface area contributed by atoms with E-state index in [0.717, 1.165) is 44.3 Å². The molecule has 1 N–H and O–H groups in total. The highest BCUT2D eigenvalue weighted by atomic mass is 16.5. The van der Waals surface area contributed by atoms with Crippen LogP contribution < -0.4 is 5.32 Å². The van der Waals surface area contributed by atoms with E-state index < -0.39 is 0 Å². The summed E-state index contributed by atoms with van der Waals surface area (Å²) >= 11 is 0. The number of aryl methyl sites for hydroxylation is 1. The van der Waals surface area contributed by atoms with E-state index in [-0.39, 0.29) is 5.60 Å². The van der Waals surface area contributed by atoms with Crippen molar-refractivity contribution in [3.05, 3.63) is 11.7 Å². The molecule has 5 heteroatoms. The van der Waals surface area contributed by atoms with Gasteiger partial charge in [-0.05, 0) is 51.5 Å². The van der Waals surface area contributed by atoms with Gasteiger partial charge in [0.05, 0.1) is 0 Å². The van der Waals surface area contributed by atoms with Gasteiger partial charge in [-0.25, -0.2) is 0 Å². The molecule has 1 fully saturated rings. The molecule has 1 heterocycles. The van der Waals surface area contributed by atoms with Gasteiger partial charge >= 0.3 is 0 Å². The molecular weight excluding hydrogens is 266 g/mol. The minimum absolute atomic E-state index is 0.355. The number of nitrogens with zero attached hydrogens (tertiary/aromatic N) is 2. The minimum Gasteiger partial charge on any atom is -0.370 e. The molecule has 1 saturated carbocycles. The third-order valence-corrected chi connectivity index (χ3v) is 4.96. The van der Waals surface area contributed by atoms with Gasteiger partial charge in [0.25, 0.3) is 0 Å². The van der Waals surface area contributed by atoms with E-state index in [9.17, 15) is 0 Å². The second kappa shape index (κ2) is 6.44. The maximum Gasteiger partial charge on any atom is 0.226 e. The van der Waals surface area contributed by atoms with Crippen LogP contribution in [0.15, 0.2) is 4.52 Å². The molecule has 1 atom stereocenters.